The van der Waals surface area contributed by atoms with E-state index in [4.69, 9.17) is 0 Å². The molecular formula is C10H15N3O3S. The average Bonchev–Trinajstić information content (AvgIpc) is 2.25. The van der Waals surface area contributed by atoms with Crippen LogP contribution in [-0.2, 0) is 22.0 Å². The van der Waals surface area contributed by atoms with Crippen molar-refractivity contribution in [2.24, 2.45) is 0 Å². The lowest BCUT2D eigenvalue weighted by Gasteiger charge is -2.17. The van der Waals surface area contributed by atoms with Crippen LogP contribution in [0.5, 0.6) is 0 Å². The van der Waals surface area contributed by atoms with Gasteiger partial charge in [0.1, 0.15) is 5.82 Å². The molecule has 0 aliphatic carbocycles. The zero-order valence-corrected chi connectivity index (χ0v) is 10.6. The van der Waals surface area contributed by atoms with Crippen LogP contribution in [-0.4, -0.2) is 31.2 Å². The van der Waals surface area contributed by atoms with Crippen molar-refractivity contribution in [1.29, 1.82) is 0 Å². The summed E-state index contributed by atoms with van der Waals surface area (Å²) in [6.45, 7) is 1.85. The zero-order chi connectivity index (χ0) is 12.6. The molecule has 1 aliphatic rings. The molecule has 0 saturated heterocycles. The maximum Gasteiger partial charge on any atom is 0.254 e. The Kier molecular flexibility index (Phi) is 3.05. The van der Waals surface area contributed by atoms with Crippen LogP contribution in [0.4, 0.5) is 0 Å². The summed E-state index contributed by atoms with van der Waals surface area (Å²) < 4.78 is 23.0. The Morgan fingerprint density at radius 3 is 2.82 bits per heavy atom. The maximum atomic E-state index is 11.8. The molecular weight excluding hydrogens is 242 g/mol. The standard InChI is InChI=1S/C10H15N3O3S/c1-6(11-2)9-12-8-5-17(15,16)4-3-7(8)10(14)13-9/h6,11H,3-5H2,1-2H3,(H,12,13,14). The topological polar surface area (TPSA) is 91.9 Å². The third-order valence-corrected chi connectivity index (χ3v) is 4.52. The number of hydrogen-bond acceptors (Lipinski definition) is 5. The molecule has 0 saturated carbocycles. The van der Waals surface area contributed by atoms with Crippen LogP contribution in [0, 0.1) is 0 Å². The molecule has 0 amide bonds. The van der Waals surface area contributed by atoms with Gasteiger partial charge in [0.15, 0.2) is 9.84 Å². The first-order chi connectivity index (χ1) is 7.93. The number of hydrogen-bond donors (Lipinski definition) is 2. The smallest absolute Gasteiger partial charge is 0.254 e. The van der Waals surface area contributed by atoms with Gasteiger partial charge in [-0.25, -0.2) is 13.4 Å². The molecule has 17 heavy (non-hydrogen) atoms. The molecule has 2 rings (SSSR count). The predicted molar refractivity (Wildman–Crippen MR) is 63.5 cm³/mol. The van der Waals surface area contributed by atoms with E-state index in [0.717, 1.165) is 0 Å². The lowest BCUT2D eigenvalue weighted by molar-refractivity contribution is 0.582. The summed E-state index contributed by atoms with van der Waals surface area (Å²) in [5, 5.41) is 2.95. The second-order valence-corrected chi connectivity index (χ2v) is 6.41. The molecule has 2 N–H and O–H groups in total. The molecule has 2 heterocycles. The van der Waals surface area contributed by atoms with Crippen molar-refractivity contribution in [3.63, 3.8) is 0 Å². The van der Waals surface area contributed by atoms with Crippen LogP contribution in [0.15, 0.2) is 4.79 Å². The van der Waals surface area contributed by atoms with E-state index in [2.05, 4.69) is 15.3 Å². The Balaban J connectivity index is 2.53. The van der Waals surface area contributed by atoms with Crippen LogP contribution in [0.1, 0.15) is 30.0 Å². The van der Waals surface area contributed by atoms with E-state index in [1.165, 1.54) is 0 Å². The lowest BCUT2D eigenvalue weighted by Crippen LogP contribution is -2.30. The quantitative estimate of drug-likeness (QED) is 0.746. The van der Waals surface area contributed by atoms with Crippen LogP contribution in [0.2, 0.25) is 0 Å². The van der Waals surface area contributed by atoms with Crippen molar-refractivity contribution in [1.82, 2.24) is 15.3 Å². The Morgan fingerprint density at radius 1 is 1.47 bits per heavy atom. The average molecular weight is 257 g/mol. The van der Waals surface area contributed by atoms with Gasteiger partial charge in [-0.3, -0.25) is 4.79 Å². The highest BCUT2D eigenvalue weighted by molar-refractivity contribution is 7.90. The summed E-state index contributed by atoms with van der Waals surface area (Å²) >= 11 is 0. The van der Waals surface area contributed by atoms with Crippen LogP contribution < -0.4 is 10.9 Å². The van der Waals surface area contributed by atoms with Gasteiger partial charge >= 0.3 is 0 Å². The molecule has 7 heteroatoms. The monoisotopic (exact) mass is 257 g/mol. The molecule has 0 bridgehead atoms. The first-order valence-corrected chi connectivity index (χ1v) is 7.25. The van der Waals surface area contributed by atoms with Crippen molar-refractivity contribution in [2.75, 3.05) is 12.8 Å². The van der Waals surface area contributed by atoms with Crippen LogP contribution >= 0.6 is 0 Å². The van der Waals surface area contributed by atoms with Gasteiger partial charge in [-0.15, -0.1) is 0 Å². The molecule has 6 nitrogen and oxygen atoms in total. The van der Waals surface area contributed by atoms with Crippen molar-refractivity contribution in [2.45, 2.75) is 25.1 Å². The molecule has 0 fully saturated rings. The highest BCUT2D eigenvalue weighted by atomic mass is 32.2. The van der Waals surface area contributed by atoms with Gasteiger partial charge in [0, 0.05) is 5.56 Å². The van der Waals surface area contributed by atoms with Crippen molar-refractivity contribution < 1.29 is 8.42 Å². The summed E-state index contributed by atoms with van der Waals surface area (Å²) in [5.41, 5.74) is 0.686. The zero-order valence-electron chi connectivity index (χ0n) is 9.78. The number of nitrogens with one attached hydrogen (secondary N) is 2. The number of H-pyrrole nitrogens is 1. The fraction of sp³-hybridized carbons (Fsp3) is 0.600. The minimum atomic E-state index is -3.10. The minimum absolute atomic E-state index is 0.0334. The van der Waals surface area contributed by atoms with Crippen molar-refractivity contribution in [3.05, 3.63) is 27.4 Å². The number of aromatic nitrogens is 2. The van der Waals surface area contributed by atoms with Gasteiger partial charge in [0.2, 0.25) is 0 Å². The van der Waals surface area contributed by atoms with E-state index >= 15 is 0 Å². The van der Waals surface area contributed by atoms with Gasteiger partial charge < -0.3 is 10.3 Å². The van der Waals surface area contributed by atoms with Gasteiger partial charge in [0.25, 0.3) is 5.56 Å². The fourth-order valence-electron chi connectivity index (χ4n) is 1.82. The summed E-state index contributed by atoms with van der Waals surface area (Å²) in [6, 6.07) is -0.113. The number of nitrogens with zero attached hydrogens (tertiary/aromatic N) is 1. The van der Waals surface area contributed by atoms with Gasteiger partial charge in [-0.2, -0.15) is 0 Å². The van der Waals surface area contributed by atoms with Crippen molar-refractivity contribution >= 4 is 9.84 Å². The fourth-order valence-corrected chi connectivity index (χ4v) is 3.14. The van der Waals surface area contributed by atoms with E-state index in [9.17, 15) is 13.2 Å². The highest BCUT2D eigenvalue weighted by Gasteiger charge is 2.25. The third kappa shape index (κ3) is 2.39. The Morgan fingerprint density at radius 2 is 2.18 bits per heavy atom. The SMILES string of the molecule is CNC(C)c1nc2c(c(=O)[nH]1)CCS(=O)(=O)C2. The third-order valence-electron chi connectivity index (χ3n) is 2.98. The summed E-state index contributed by atoms with van der Waals surface area (Å²) in [6.07, 6.45) is 0.258. The second kappa shape index (κ2) is 4.23. The maximum absolute atomic E-state index is 11.8. The summed E-state index contributed by atoms with van der Waals surface area (Å²) in [4.78, 5) is 18.7. The Labute approximate surface area is 99.4 Å². The molecule has 94 valence electrons. The molecule has 0 aromatic carbocycles. The molecule has 0 radical (unpaired) electrons. The van der Waals surface area contributed by atoms with E-state index < -0.39 is 9.84 Å². The first-order valence-electron chi connectivity index (χ1n) is 5.42. The van der Waals surface area contributed by atoms with Crippen LogP contribution in [0.3, 0.4) is 0 Å². The minimum Gasteiger partial charge on any atom is -0.311 e. The highest BCUT2D eigenvalue weighted by Crippen LogP contribution is 2.16. The van der Waals surface area contributed by atoms with Gasteiger partial charge in [-0.05, 0) is 20.4 Å². The van der Waals surface area contributed by atoms with Gasteiger partial charge in [-0.1, -0.05) is 0 Å². The Hall–Kier alpha value is -1.21. The van der Waals surface area contributed by atoms with Crippen LogP contribution in [0.25, 0.3) is 0 Å². The number of fused-ring (bicyclic) bond motifs is 1. The molecule has 0 spiro atoms. The number of aromatic amines is 1. The lowest BCUT2D eigenvalue weighted by atomic mass is 10.1. The predicted octanol–water partition coefficient (Wildman–Crippen LogP) is -0.479. The summed E-state index contributed by atoms with van der Waals surface area (Å²) in [7, 11) is -1.35. The molecule has 1 atom stereocenters. The van der Waals surface area contributed by atoms with E-state index in [0.29, 0.717) is 17.1 Å². The van der Waals surface area contributed by atoms with E-state index in [1.54, 1.807) is 7.05 Å². The van der Waals surface area contributed by atoms with E-state index in [1.807, 2.05) is 6.92 Å². The molecule has 1 aromatic heterocycles. The largest absolute Gasteiger partial charge is 0.311 e. The van der Waals surface area contributed by atoms with E-state index in [-0.39, 0.29) is 29.5 Å². The van der Waals surface area contributed by atoms with Crippen molar-refractivity contribution in [3.8, 4) is 0 Å². The number of rotatable bonds is 2. The summed E-state index contributed by atoms with van der Waals surface area (Å²) in [5.74, 6) is 0.384. The Bertz CT molecular complexity index is 591. The number of sulfone groups is 1. The van der Waals surface area contributed by atoms with Gasteiger partial charge in [0.05, 0.1) is 23.2 Å². The second-order valence-electron chi connectivity index (χ2n) is 4.23. The molecule has 1 aliphatic heterocycles. The normalized spacial score (nSPS) is 19.6. The molecule has 1 unspecified atom stereocenters. The first kappa shape index (κ1) is 12.3. The molecule has 1 aromatic rings.